The number of aromatic nitrogens is 2. The Bertz CT molecular complexity index is 1140. The second-order valence-electron chi connectivity index (χ2n) is 6.43. The maximum absolute atomic E-state index is 12.8. The van der Waals surface area contributed by atoms with Crippen LogP contribution in [0.5, 0.6) is 0 Å². The highest BCUT2D eigenvalue weighted by Gasteiger charge is 2.18. The van der Waals surface area contributed by atoms with Crippen LogP contribution in [-0.4, -0.2) is 20.9 Å². The van der Waals surface area contributed by atoms with Gasteiger partial charge in [0, 0.05) is 22.4 Å². The van der Waals surface area contributed by atoms with E-state index in [0.717, 1.165) is 16.8 Å². The molecule has 0 aliphatic carbocycles. The molecule has 1 N–H and O–H groups in total. The SMILES string of the molecule is CCc1cc(Br)cc([N+](=O)[O-])c1N=Cc1c(C)[nH]n(-c2cccc(C)c2)c1=O. The van der Waals surface area contributed by atoms with E-state index >= 15 is 0 Å². The third-order valence-electron chi connectivity index (χ3n) is 4.41. The molecule has 0 amide bonds. The molecule has 0 aliphatic rings. The molecule has 3 rings (SSSR count). The van der Waals surface area contributed by atoms with Crippen molar-refractivity contribution >= 4 is 33.5 Å². The second kappa shape index (κ2) is 7.93. The van der Waals surface area contributed by atoms with Gasteiger partial charge in [0.15, 0.2) is 0 Å². The van der Waals surface area contributed by atoms with Crippen LogP contribution in [0.3, 0.4) is 0 Å². The molecule has 144 valence electrons. The molecule has 1 heterocycles. The first-order valence-electron chi connectivity index (χ1n) is 8.71. The van der Waals surface area contributed by atoms with Gasteiger partial charge in [0.1, 0.15) is 5.69 Å². The number of hydrogen-bond donors (Lipinski definition) is 1. The third kappa shape index (κ3) is 3.82. The average Bonchev–Trinajstić information content (AvgIpc) is 2.94. The zero-order chi connectivity index (χ0) is 20.4. The molecule has 8 heteroatoms. The number of nitrogens with zero attached hydrogens (tertiary/aromatic N) is 3. The molecule has 0 saturated carbocycles. The van der Waals surface area contributed by atoms with E-state index in [0.29, 0.717) is 22.2 Å². The van der Waals surface area contributed by atoms with Crippen molar-refractivity contribution in [2.24, 2.45) is 4.99 Å². The van der Waals surface area contributed by atoms with Gasteiger partial charge in [0.2, 0.25) is 0 Å². The van der Waals surface area contributed by atoms with Crippen LogP contribution in [0, 0.1) is 24.0 Å². The largest absolute Gasteiger partial charge is 0.296 e. The monoisotopic (exact) mass is 442 g/mol. The minimum Gasteiger partial charge on any atom is -0.295 e. The first kappa shape index (κ1) is 19.8. The van der Waals surface area contributed by atoms with Crippen molar-refractivity contribution < 1.29 is 4.92 Å². The zero-order valence-electron chi connectivity index (χ0n) is 15.7. The molecule has 1 aromatic heterocycles. The summed E-state index contributed by atoms with van der Waals surface area (Å²) in [5, 5.41) is 14.5. The van der Waals surface area contributed by atoms with Gasteiger partial charge in [-0.3, -0.25) is 20.0 Å². The Labute approximate surface area is 170 Å². The Morgan fingerprint density at radius 3 is 2.68 bits per heavy atom. The lowest BCUT2D eigenvalue weighted by atomic mass is 10.1. The van der Waals surface area contributed by atoms with Crippen molar-refractivity contribution in [2.75, 3.05) is 0 Å². The summed E-state index contributed by atoms with van der Waals surface area (Å²) < 4.78 is 2.06. The third-order valence-corrected chi connectivity index (χ3v) is 4.87. The van der Waals surface area contributed by atoms with Gasteiger partial charge >= 0.3 is 0 Å². The van der Waals surface area contributed by atoms with Gasteiger partial charge < -0.3 is 0 Å². The lowest BCUT2D eigenvalue weighted by molar-refractivity contribution is -0.384. The summed E-state index contributed by atoms with van der Waals surface area (Å²) in [5.74, 6) is 0. The highest BCUT2D eigenvalue weighted by Crippen LogP contribution is 2.35. The molecule has 0 bridgehead atoms. The van der Waals surface area contributed by atoms with E-state index in [-0.39, 0.29) is 16.9 Å². The van der Waals surface area contributed by atoms with Crippen molar-refractivity contribution in [1.29, 1.82) is 0 Å². The summed E-state index contributed by atoms with van der Waals surface area (Å²) in [4.78, 5) is 28.2. The van der Waals surface area contributed by atoms with E-state index in [9.17, 15) is 14.9 Å². The van der Waals surface area contributed by atoms with Gasteiger partial charge in [0.05, 0.1) is 16.2 Å². The van der Waals surface area contributed by atoms with Gasteiger partial charge in [-0.15, -0.1) is 0 Å². The maximum atomic E-state index is 12.8. The normalized spacial score (nSPS) is 11.3. The van der Waals surface area contributed by atoms with Crippen LogP contribution in [0.4, 0.5) is 11.4 Å². The quantitative estimate of drug-likeness (QED) is 0.350. The van der Waals surface area contributed by atoms with Crippen LogP contribution in [-0.2, 0) is 6.42 Å². The number of aliphatic imine (C=N–C) groups is 1. The number of aromatic amines is 1. The molecule has 2 aromatic carbocycles. The van der Waals surface area contributed by atoms with E-state index in [1.54, 1.807) is 13.0 Å². The Morgan fingerprint density at radius 2 is 2.04 bits per heavy atom. The number of nitro benzene ring substituents is 1. The fourth-order valence-electron chi connectivity index (χ4n) is 2.99. The van der Waals surface area contributed by atoms with E-state index in [4.69, 9.17) is 0 Å². The van der Waals surface area contributed by atoms with E-state index in [1.807, 2.05) is 38.1 Å². The highest BCUT2D eigenvalue weighted by atomic mass is 79.9. The Balaban J connectivity index is 2.10. The van der Waals surface area contributed by atoms with Crippen molar-refractivity contribution in [3.05, 3.63) is 83.7 Å². The van der Waals surface area contributed by atoms with Crippen molar-refractivity contribution in [1.82, 2.24) is 9.78 Å². The lowest BCUT2D eigenvalue weighted by Crippen LogP contribution is -2.17. The van der Waals surface area contributed by atoms with E-state index < -0.39 is 4.92 Å². The topological polar surface area (TPSA) is 93.3 Å². The average molecular weight is 443 g/mol. The smallest absolute Gasteiger partial charge is 0.295 e. The molecule has 0 radical (unpaired) electrons. The van der Waals surface area contributed by atoms with Gasteiger partial charge in [-0.1, -0.05) is 35.0 Å². The zero-order valence-corrected chi connectivity index (χ0v) is 17.3. The number of H-pyrrole nitrogens is 1. The lowest BCUT2D eigenvalue weighted by Gasteiger charge is -2.05. The molecule has 3 aromatic rings. The summed E-state index contributed by atoms with van der Waals surface area (Å²) in [6.45, 7) is 5.62. The maximum Gasteiger partial charge on any atom is 0.296 e. The Hall–Kier alpha value is -3.00. The van der Waals surface area contributed by atoms with Crippen LogP contribution < -0.4 is 5.56 Å². The van der Waals surface area contributed by atoms with Crippen LogP contribution in [0.15, 0.2) is 50.7 Å². The predicted molar refractivity (Wildman–Crippen MR) is 113 cm³/mol. The highest BCUT2D eigenvalue weighted by molar-refractivity contribution is 9.10. The van der Waals surface area contributed by atoms with Gasteiger partial charge in [0.25, 0.3) is 11.2 Å². The molecule has 0 spiro atoms. The minimum absolute atomic E-state index is 0.102. The number of benzene rings is 2. The molecular formula is C20H19BrN4O3. The number of aryl methyl sites for hydroxylation is 3. The van der Waals surface area contributed by atoms with Crippen molar-refractivity contribution in [2.45, 2.75) is 27.2 Å². The van der Waals surface area contributed by atoms with Gasteiger partial charge in [-0.25, -0.2) is 9.67 Å². The molecular weight excluding hydrogens is 424 g/mol. The minimum atomic E-state index is -0.467. The fraction of sp³-hybridized carbons (Fsp3) is 0.200. The molecule has 0 aliphatic heterocycles. The first-order valence-corrected chi connectivity index (χ1v) is 9.50. The summed E-state index contributed by atoms with van der Waals surface area (Å²) in [7, 11) is 0. The molecule has 28 heavy (non-hydrogen) atoms. The summed E-state index contributed by atoms with van der Waals surface area (Å²) in [5.41, 5.74) is 3.37. The van der Waals surface area contributed by atoms with Gasteiger partial charge in [-0.2, -0.15) is 0 Å². The van der Waals surface area contributed by atoms with E-state index in [2.05, 4.69) is 26.0 Å². The van der Waals surface area contributed by atoms with Crippen LogP contribution in [0.25, 0.3) is 5.69 Å². The number of halogens is 1. The van der Waals surface area contributed by atoms with Gasteiger partial charge in [-0.05, 0) is 49.6 Å². The number of nitro groups is 1. The van der Waals surface area contributed by atoms with Crippen LogP contribution in [0.1, 0.15) is 29.3 Å². The number of nitrogens with one attached hydrogen (secondary N) is 1. The predicted octanol–water partition coefficient (Wildman–Crippen LogP) is 4.77. The molecule has 7 nitrogen and oxygen atoms in total. The number of rotatable bonds is 5. The fourth-order valence-corrected chi connectivity index (χ4v) is 3.48. The van der Waals surface area contributed by atoms with E-state index in [1.165, 1.54) is 17.0 Å². The second-order valence-corrected chi connectivity index (χ2v) is 7.35. The summed E-state index contributed by atoms with van der Waals surface area (Å²) in [6.07, 6.45) is 1.97. The Kier molecular flexibility index (Phi) is 5.60. The van der Waals surface area contributed by atoms with Crippen molar-refractivity contribution in [3.63, 3.8) is 0 Å². The molecule has 0 fully saturated rings. The molecule has 0 atom stereocenters. The van der Waals surface area contributed by atoms with Crippen LogP contribution in [0.2, 0.25) is 0 Å². The van der Waals surface area contributed by atoms with Crippen molar-refractivity contribution in [3.8, 4) is 5.69 Å². The standard InChI is InChI=1S/C20H19BrN4O3/c1-4-14-9-15(21)10-18(25(27)28)19(14)22-11-17-13(3)23-24(20(17)26)16-7-5-6-12(2)8-16/h5-11,23H,4H2,1-3H3. The molecule has 0 saturated heterocycles. The first-order chi connectivity index (χ1) is 13.3. The summed E-state index contributed by atoms with van der Waals surface area (Å²) >= 11 is 3.30. The van der Waals surface area contributed by atoms with Crippen LogP contribution >= 0.6 is 15.9 Å². The Morgan fingerprint density at radius 1 is 1.29 bits per heavy atom. The summed E-state index contributed by atoms with van der Waals surface area (Å²) in [6, 6.07) is 10.8. The number of hydrogen-bond acceptors (Lipinski definition) is 4. The molecule has 0 unspecified atom stereocenters.